The van der Waals surface area contributed by atoms with Crippen LogP contribution >= 0.6 is 11.8 Å². The summed E-state index contributed by atoms with van der Waals surface area (Å²) in [6.07, 6.45) is 0. The lowest BCUT2D eigenvalue weighted by molar-refractivity contribution is -0.126. The van der Waals surface area contributed by atoms with Crippen LogP contribution in [0.1, 0.15) is 12.5 Å². The van der Waals surface area contributed by atoms with E-state index in [4.69, 9.17) is 4.98 Å². The largest absolute Gasteiger partial charge is 0.336 e. The number of nitrogens with one attached hydrogen (secondary N) is 1. The number of urea groups is 1. The van der Waals surface area contributed by atoms with Crippen LogP contribution in [0.3, 0.4) is 0 Å². The number of carbonyl (C=O) groups excluding carboxylic acids is 2. The predicted octanol–water partition coefficient (Wildman–Crippen LogP) is 3.37. The number of aryl methyl sites for hydroxylation is 1. The summed E-state index contributed by atoms with van der Waals surface area (Å²) in [6.45, 7) is 4.78. The molecule has 27 heavy (non-hydrogen) atoms. The fraction of sp³-hybridized carbons (Fsp3) is 0.250. The highest BCUT2D eigenvalue weighted by atomic mass is 32.2. The van der Waals surface area contributed by atoms with Gasteiger partial charge in [0, 0.05) is 18.8 Å². The number of para-hydroxylation sites is 2. The smallest absolute Gasteiger partial charge is 0.324 e. The quantitative estimate of drug-likeness (QED) is 0.705. The molecule has 0 unspecified atom stereocenters. The molecule has 6 nitrogen and oxygen atoms in total. The zero-order valence-corrected chi connectivity index (χ0v) is 16.0. The van der Waals surface area contributed by atoms with Gasteiger partial charge >= 0.3 is 6.03 Å². The van der Waals surface area contributed by atoms with Crippen molar-refractivity contribution in [3.63, 3.8) is 0 Å². The monoisotopic (exact) mass is 380 g/mol. The third-order valence-electron chi connectivity index (χ3n) is 4.57. The topological polar surface area (TPSA) is 67.2 Å². The van der Waals surface area contributed by atoms with E-state index in [1.807, 2.05) is 50.2 Å². The fourth-order valence-corrected chi connectivity index (χ4v) is 4.14. The van der Waals surface area contributed by atoms with Gasteiger partial charge in [-0.05, 0) is 38.1 Å². The maximum absolute atomic E-state index is 12.7. The maximum atomic E-state index is 12.7. The molecule has 2 aromatic carbocycles. The Morgan fingerprint density at radius 1 is 1.19 bits per heavy atom. The fourth-order valence-electron chi connectivity index (χ4n) is 3.14. The second-order valence-electron chi connectivity index (χ2n) is 6.54. The van der Waals surface area contributed by atoms with E-state index >= 15 is 0 Å². The highest BCUT2D eigenvalue weighted by Crippen LogP contribution is 2.31. The van der Waals surface area contributed by atoms with Crippen LogP contribution in [0.25, 0.3) is 16.7 Å². The van der Waals surface area contributed by atoms with Crippen LogP contribution in [0.4, 0.5) is 4.79 Å². The minimum Gasteiger partial charge on any atom is -0.336 e. The van der Waals surface area contributed by atoms with Gasteiger partial charge in [0.2, 0.25) is 5.91 Å². The average molecular weight is 380 g/mol. The molecule has 1 N–H and O–H groups in total. The number of rotatable bonds is 4. The Morgan fingerprint density at radius 3 is 2.63 bits per heavy atom. The molecule has 3 aromatic rings. The molecule has 138 valence electrons. The SMILES string of the molecule is Cc1ccc(-n2c(S[C@@H](C)C(=O)N3CCNC3=O)nc3ccccc32)cc1. The van der Waals surface area contributed by atoms with E-state index in [1.165, 1.54) is 22.2 Å². The lowest BCUT2D eigenvalue weighted by Gasteiger charge is -2.17. The highest BCUT2D eigenvalue weighted by Gasteiger charge is 2.31. The van der Waals surface area contributed by atoms with E-state index in [-0.39, 0.29) is 11.9 Å². The molecule has 1 aliphatic rings. The van der Waals surface area contributed by atoms with Gasteiger partial charge in [0.15, 0.2) is 5.16 Å². The van der Waals surface area contributed by atoms with Crippen LogP contribution in [-0.2, 0) is 4.79 Å². The van der Waals surface area contributed by atoms with Crippen LogP contribution < -0.4 is 5.32 Å². The molecular weight excluding hydrogens is 360 g/mol. The highest BCUT2D eigenvalue weighted by molar-refractivity contribution is 8.00. The summed E-state index contributed by atoms with van der Waals surface area (Å²) in [5.74, 6) is -0.197. The molecule has 0 bridgehead atoms. The molecule has 0 radical (unpaired) electrons. The van der Waals surface area contributed by atoms with Gasteiger partial charge in [-0.2, -0.15) is 0 Å². The van der Waals surface area contributed by atoms with Gasteiger partial charge in [0.05, 0.1) is 16.3 Å². The minimum absolute atomic E-state index is 0.197. The number of benzene rings is 2. The van der Waals surface area contributed by atoms with Crippen molar-refractivity contribution in [3.05, 3.63) is 54.1 Å². The zero-order chi connectivity index (χ0) is 19.0. The standard InChI is InChI=1S/C20H20N4O2S/c1-13-7-9-15(10-8-13)24-17-6-4-3-5-16(17)22-20(24)27-14(2)18(25)23-12-11-21-19(23)26/h3-10,14H,11-12H2,1-2H3,(H,21,26)/t14-/m0/s1. The van der Waals surface area contributed by atoms with Crippen molar-refractivity contribution < 1.29 is 9.59 Å². The zero-order valence-electron chi connectivity index (χ0n) is 15.2. The Morgan fingerprint density at radius 2 is 1.93 bits per heavy atom. The van der Waals surface area contributed by atoms with E-state index in [0.29, 0.717) is 13.1 Å². The molecule has 0 saturated carbocycles. The number of hydrogen-bond acceptors (Lipinski definition) is 4. The van der Waals surface area contributed by atoms with Crippen molar-refractivity contribution >= 4 is 34.7 Å². The minimum atomic E-state index is -0.421. The summed E-state index contributed by atoms with van der Waals surface area (Å²) >= 11 is 1.37. The Kier molecular flexibility index (Phi) is 4.61. The number of imidazole rings is 1. The molecule has 3 amide bonds. The number of aromatic nitrogens is 2. The van der Waals surface area contributed by atoms with E-state index < -0.39 is 5.25 Å². The first-order valence-electron chi connectivity index (χ1n) is 8.85. The number of nitrogens with zero attached hydrogens (tertiary/aromatic N) is 3. The van der Waals surface area contributed by atoms with Gasteiger partial charge in [-0.15, -0.1) is 0 Å². The first-order chi connectivity index (χ1) is 13.0. The van der Waals surface area contributed by atoms with Crippen LogP contribution in [-0.4, -0.2) is 44.7 Å². The summed E-state index contributed by atoms with van der Waals surface area (Å²) in [7, 11) is 0. The van der Waals surface area contributed by atoms with Crippen molar-refractivity contribution in [2.24, 2.45) is 0 Å². The Labute approximate surface area is 161 Å². The van der Waals surface area contributed by atoms with Crippen LogP contribution in [0.15, 0.2) is 53.7 Å². The Bertz CT molecular complexity index is 1010. The summed E-state index contributed by atoms with van der Waals surface area (Å²) in [4.78, 5) is 30.5. The third-order valence-corrected chi connectivity index (χ3v) is 5.61. The predicted molar refractivity (Wildman–Crippen MR) is 106 cm³/mol. The van der Waals surface area contributed by atoms with Crippen molar-refractivity contribution in [1.82, 2.24) is 19.8 Å². The number of imide groups is 1. The molecule has 2 heterocycles. The molecular formula is C20H20N4O2S. The molecule has 0 aliphatic carbocycles. The van der Waals surface area contributed by atoms with E-state index in [0.717, 1.165) is 21.9 Å². The molecule has 1 atom stereocenters. The van der Waals surface area contributed by atoms with Crippen molar-refractivity contribution in [1.29, 1.82) is 0 Å². The molecule has 4 rings (SSSR count). The van der Waals surface area contributed by atoms with Gasteiger partial charge < -0.3 is 5.32 Å². The first-order valence-corrected chi connectivity index (χ1v) is 9.73. The van der Waals surface area contributed by atoms with Crippen molar-refractivity contribution in [3.8, 4) is 5.69 Å². The van der Waals surface area contributed by atoms with Gasteiger partial charge in [-0.1, -0.05) is 41.6 Å². The maximum Gasteiger partial charge on any atom is 0.324 e. The Balaban J connectivity index is 1.71. The summed E-state index contributed by atoms with van der Waals surface area (Å²) in [5, 5.41) is 2.98. The van der Waals surface area contributed by atoms with E-state index in [9.17, 15) is 9.59 Å². The van der Waals surface area contributed by atoms with E-state index in [1.54, 1.807) is 0 Å². The van der Waals surface area contributed by atoms with E-state index in [2.05, 4.69) is 22.0 Å². The van der Waals surface area contributed by atoms with Gasteiger partial charge in [-0.3, -0.25) is 14.3 Å². The first kappa shape index (κ1) is 17.6. The van der Waals surface area contributed by atoms with Crippen molar-refractivity contribution in [2.45, 2.75) is 24.3 Å². The van der Waals surface area contributed by atoms with Crippen LogP contribution in [0.2, 0.25) is 0 Å². The molecule has 1 aromatic heterocycles. The van der Waals surface area contributed by atoms with Crippen LogP contribution in [0.5, 0.6) is 0 Å². The number of carbonyl (C=O) groups is 2. The van der Waals surface area contributed by atoms with Crippen LogP contribution in [0, 0.1) is 6.92 Å². The molecule has 1 saturated heterocycles. The Hall–Kier alpha value is -2.80. The second kappa shape index (κ2) is 7.08. The summed E-state index contributed by atoms with van der Waals surface area (Å²) < 4.78 is 2.06. The van der Waals surface area contributed by atoms with Gasteiger partial charge in [0.25, 0.3) is 0 Å². The summed E-state index contributed by atoms with van der Waals surface area (Å²) in [6, 6.07) is 15.8. The summed E-state index contributed by atoms with van der Waals surface area (Å²) in [5.41, 5.74) is 4.04. The molecule has 1 aliphatic heterocycles. The molecule has 7 heteroatoms. The third kappa shape index (κ3) is 3.30. The van der Waals surface area contributed by atoms with Crippen molar-refractivity contribution in [2.75, 3.05) is 13.1 Å². The number of hydrogen-bond donors (Lipinski definition) is 1. The average Bonchev–Trinajstić information content (AvgIpc) is 3.25. The normalized spacial score (nSPS) is 15.2. The lowest BCUT2D eigenvalue weighted by atomic mass is 10.2. The molecule has 1 fully saturated rings. The second-order valence-corrected chi connectivity index (χ2v) is 7.84. The van der Waals surface area contributed by atoms with Gasteiger partial charge in [-0.25, -0.2) is 9.78 Å². The van der Waals surface area contributed by atoms with Gasteiger partial charge in [0.1, 0.15) is 0 Å². The lowest BCUT2D eigenvalue weighted by Crippen LogP contribution is -2.39. The number of fused-ring (bicyclic) bond motifs is 1. The molecule has 0 spiro atoms. The number of thioether (sulfide) groups is 1. The number of amides is 3.